The molecule has 0 spiro atoms. The first-order valence-electron chi connectivity index (χ1n) is 9.06. The average Bonchev–Trinajstić information content (AvgIpc) is 3.21. The quantitative estimate of drug-likeness (QED) is 0.352. The van der Waals surface area contributed by atoms with Gasteiger partial charge in [0.15, 0.2) is 11.5 Å². The second-order valence-corrected chi connectivity index (χ2v) is 6.33. The first kappa shape index (κ1) is 19.9. The molecule has 0 radical (unpaired) electrons. The molecule has 0 unspecified atom stereocenters. The van der Waals surface area contributed by atoms with Crippen molar-refractivity contribution in [1.82, 2.24) is 19.5 Å². The molecule has 0 atom stereocenters. The average molecular weight is 422 g/mol. The predicted octanol–water partition coefficient (Wildman–Crippen LogP) is 3.49. The molecule has 11 nitrogen and oxygen atoms in total. The molecule has 31 heavy (non-hydrogen) atoms. The number of benzene rings is 2. The Kier molecular flexibility index (Phi) is 5.22. The molecule has 11 heteroatoms. The van der Waals surface area contributed by atoms with Gasteiger partial charge in [0.2, 0.25) is 17.6 Å². The number of fused-ring (bicyclic) bond motifs is 1. The van der Waals surface area contributed by atoms with E-state index in [-0.39, 0.29) is 11.6 Å². The van der Waals surface area contributed by atoms with Gasteiger partial charge in [-0.25, -0.2) is 9.97 Å². The maximum Gasteiger partial charge on any atom is 0.271 e. The van der Waals surface area contributed by atoms with Crippen molar-refractivity contribution in [1.29, 1.82) is 0 Å². The number of rotatable bonds is 7. The molecule has 0 aliphatic rings. The summed E-state index contributed by atoms with van der Waals surface area (Å²) in [5.41, 5.74) is 1.20. The van der Waals surface area contributed by atoms with E-state index in [2.05, 4.69) is 20.3 Å². The van der Waals surface area contributed by atoms with E-state index in [1.165, 1.54) is 39.8 Å². The normalized spacial score (nSPS) is 10.7. The van der Waals surface area contributed by atoms with E-state index in [9.17, 15) is 10.1 Å². The molecular weight excluding hydrogens is 404 g/mol. The van der Waals surface area contributed by atoms with Gasteiger partial charge in [0.25, 0.3) is 5.69 Å². The molecule has 0 bridgehead atoms. The van der Waals surface area contributed by atoms with Crippen LogP contribution in [0.15, 0.2) is 48.9 Å². The van der Waals surface area contributed by atoms with Crippen LogP contribution in [-0.4, -0.2) is 45.8 Å². The molecule has 0 saturated heterocycles. The van der Waals surface area contributed by atoms with E-state index >= 15 is 0 Å². The number of non-ortho nitro benzene ring substituents is 1. The molecule has 158 valence electrons. The van der Waals surface area contributed by atoms with Gasteiger partial charge in [-0.15, -0.1) is 0 Å². The van der Waals surface area contributed by atoms with Gasteiger partial charge < -0.3 is 19.5 Å². The molecule has 0 fully saturated rings. The molecule has 0 aliphatic heterocycles. The van der Waals surface area contributed by atoms with Gasteiger partial charge in [-0.1, -0.05) is 0 Å². The molecule has 4 aromatic rings. The first-order chi connectivity index (χ1) is 15.0. The van der Waals surface area contributed by atoms with Crippen LogP contribution in [-0.2, 0) is 0 Å². The molecule has 2 heterocycles. The molecule has 4 rings (SSSR count). The lowest BCUT2D eigenvalue weighted by Gasteiger charge is -2.14. The molecule has 1 N–H and O–H groups in total. The van der Waals surface area contributed by atoms with Crippen LogP contribution in [0.2, 0.25) is 0 Å². The second kappa shape index (κ2) is 8.14. The Morgan fingerprint density at radius 2 is 1.74 bits per heavy atom. The van der Waals surface area contributed by atoms with Crippen LogP contribution in [0, 0.1) is 10.1 Å². The van der Waals surface area contributed by atoms with Crippen molar-refractivity contribution < 1.29 is 19.1 Å². The number of nitrogens with one attached hydrogen (secondary N) is 1. The van der Waals surface area contributed by atoms with E-state index in [4.69, 9.17) is 14.2 Å². The lowest BCUT2D eigenvalue weighted by molar-refractivity contribution is -0.384. The topological polar surface area (TPSA) is 126 Å². The van der Waals surface area contributed by atoms with Gasteiger partial charge in [0, 0.05) is 41.5 Å². The summed E-state index contributed by atoms with van der Waals surface area (Å²) in [6.07, 6.45) is 3.10. The minimum absolute atomic E-state index is 0.0164. The third-order valence-electron chi connectivity index (χ3n) is 4.58. The largest absolute Gasteiger partial charge is 0.493 e. The Bertz CT molecular complexity index is 1250. The first-order valence-corrected chi connectivity index (χ1v) is 9.06. The van der Waals surface area contributed by atoms with E-state index in [0.29, 0.717) is 34.4 Å². The van der Waals surface area contributed by atoms with E-state index < -0.39 is 4.92 Å². The van der Waals surface area contributed by atoms with E-state index in [1.54, 1.807) is 29.0 Å². The fraction of sp³-hybridized carbons (Fsp3) is 0.150. The highest BCUT2D eigenvalue weighted by Crippen LogP contribution is 2.40. The van der Waals surface area contributed by atoms with E-state index in [0.717, 1.165) is 5.39 Å². The predicted molar refractivity (Wildman–Crippen MR) is 113 cm³/mol. The summed E-state index contributed by atoms with van der Waals surface area (Å²) in [5, 5.41) is 15.0. The van der Waals surface area contributed by atoms with Crippen molar-refractivity contribution in [2.45, 2.75) is 0 Å². The number of aromatic nitrogens is 4. The minimum Gasteiger partial charge on any atom is -0.493 e. The zero-order valence-electron chi connectivity index (χ0n) is 16.9. The molecule has 0 aliphatic carbocycles. The number of hydrogen-bond donors (Lipinski definition) is 1. The Labute approximate surface area is 176 Å². The van der Waals surface area contributed by atoms with Crippen molar-refractivity contribution in [3.63, 3.8) is 0 Å². The van der Waals surface area contributed by atoms with Crippen LogP contribution in [0.5, 0.6) is 17.2 Å². The Hall–Kier alpha value is -4.41. The van der Waals surface area contributed by atoms with Crippen molar-refractivity contribution in [3.05, 3.63) is 59.0 Å². The maximum atomic E-state index is 11.1. The summed E-state index contributed by atoms with van der Waals surface area (Å²) in [6, 6.07) is 9.89. The van der Waals surface area contributed by atoms with Crippen molar-refractivity contribution in [3.8, 4) is 23.2 Å². The van der Waals surface area contributed by atoms with Gasteiger partial charge in [-0.05, 0) is 12.1 Å². The molecule has 2 aromatic carbocycles. The van der Waals surface area contributed by atoms with Crippen LogP contribution >= 0.6 is 0 Å². The Morgan fingerprint density at radius 1 is 1.00 bits per heavy atom. The maximum absolute atomic E-state index is 11.1. The zero-order valence-corrected chi connectivity index (χ0v) is 16.9. The van der Waals surface area contributed by atoms with Crippen molar-refractivity contribution in [2.75, 3.05) is 26.6 Å². The number of anilines is 2. The van der Waals surface area contributed by atoms with Gasteiger partial charge >= 0.3 is 0 Å². The van der Waals surface area contributed by atoms with Crippen molar-refractivity contribution in [2.24, 2.45) is 0 Å². The standard InChI is InChI=1S/C20H18N6O5/c1-29-16-8-13(9-17(30-2)18(16)31-3)23-19-21-11-22-20(24-19)25-7-6-12-4-5-14(26(27)28)10-15(12)25/h4-11H,1-3H3,(H,21,22,23,24). The van der Waals surface area contributed by atoms with Crippen LogP contribution in [0.3, 0.4) is 0 Å². The van der Waals surface area contributed by atoms with E-state index in [1.807, 2.05) is 6.07 Å². The van der Waals surface area contributed by atoms with Gasteiger partial charge in [0.1, 0.15) is 6.33 Å². The number of nitro benzene ring substituents is 1. The zero-order chi connectivity index (χ0) is 22.0. The number of hydrogen-bond acceptors (Lipinski definition) is 9. The van der Waals surface area contributed by atoms with Crippen LogP contribution in [0.25, 0.3) is 16.9 Å². The number of ether oxygens (including phenoxy) is 3. The molecule has 0 saturated carbocycles. The number of nitrogens with zero attached hydrogens (tertiary/aromatic N) is 5. The summed E-state index contributed by atoms with van der Waals surface area (Å²) < 4.78 is 17.7. The van der Waals surface area contributed by atoms with Gasteiger partial charge in [-0.3, -0.25) is 14.7 Å². The lowest BCUT2D eigenvalue weighted by atomic mass is 10.2. The number of nitro groups is 1. The number of methoxy groups -OCH3 is 3. The summed E-state index contributed by atoms with van der Waals surface area (Å²) in [4.78, 5) is 23.5. The minimum atomic E-state index is -0.443. The Balaban J connectivity index is 1.71. The third kappa shape index (κ3) is 3.75. The molecule has 2 aromatic heterocycles. The molecule has 0 amide bonds. The lowest BCUT2D eigenvalue weighted by Crippen LogP contribution is -2.05. The second-order valence-electron chi connectivity index (χ2n) is 6.33. The highest BCUT2D eigenvalue weighted by molar-refractivity contribution is 5.83. The van der Waals surface area contributed by atoms with Crippen LogP contribution in [0.4, 0.5) is 17.3 Å². The van der Waals surface area contributed by atoms with Crippen molar-refractivity contribution >= 4 is 28.2 Å². The van der Waals surface area contributed by atoms with Crippen LogP contribution < -0.4 is 19.5 Å². The van der Waals surface area contributed by atoms with Gasteiger partial charge in [-0.2, -0.15) is 4.98 Å². The summed E-state index contributed by atoms with van der Waals surface area (Å²) in [6.45, 7) is 0. The smallest absolute Gasteiger partial charge is 0.271 e. The highest BCUT2D eigenvalue weighted by atomic mass is 16.6. The summed E-state index contributed by atoms with van der Waals surface area (Å²) >= 11 is 0. The monoisotopic (exact) mass is 422 g/mol. The van der Waals surface area contributed by atoms with Crippen LogP contribution in [0.1, 0.15) is 0 Å². The fourth-order valence-corrected chi connectivity index (χ4v) is 3.15. The highest BCUT2D eigenvalue weighted by Gasteiger charge is 2.15. The SMILES string of the molecule is COc1cc(Nc2ncnc(-n3ccc4ccc([N+](=O)[O-])cc43)n2)cc(OC)c1OC. The fourth-order valence-electron chi connectivity index (χ4n) is 3.15. The molecular formula is C20H18N6O5. The Morgan fingerprint density at radius 3 is 2.39 bits per heavy atom. The summed E-state index contributed by atoms with van der Waals surface area (Å²) in [5.74, 6) is 1.99. The van der Waals surface area contributed by atoms with Gasteiger partial charge in [0.05, 0.1) is 31.8 Å². The third-order valence-corrected chi connectivity index (χ3v) is 4.58. The summed E-state index contributed by atoms with van der Waals surface area (Å²) in [7, 11) is 4.58.